The van der Waals surface area contributed by atoms with E-state index in [1.165, 1.54) is 17.6 Å². The van der Waals surface area contributed by atoms with Gasteiger partial charge in [-0.1, -0.05) is 6.07 Å². The molecule has 7 nitrogen and oxygen atoms in total. The summed E-state index contributed by atoms with van der Waals surface area (Å²) >= 11 is 1.35. The van der Waals surface area contributed by atoms with E-state index in [1.54, 1.807) is 24.3 Å². The predicted octanol–water partition coefficient (Wildman–Crippen LogP) is 1.01. The molecule has 8 heteroatoms. The largest absolute Gasteiger partial charge is 0.459 e. The van der Waals surface area contributed by atoms with Crippen molar-refractivity contribution in [2.24, 2.45) is 0 Å². The fraction of sp³-hybridized carbons (Fsp3) is 0.267. The summed E-state index contributed by atoms with van der Waals surface area (Å²) in [6.45, 7) is 0.873. The number of hydrogen-bond donors (Lipinski definition) is 3. The molecule has 2 aromatic rings. The maximum absolute atomic E-state index is 11.6. The Kier molecular flexibility index (Phi) is 6.37. The second-order valence-corrected chi connectivity index (χ2v) is 5.51. The van der Waals surface area contributed by atoms with Crippen LogP contribution in [0.1, 0.15) is 26.6 Å². The van der Waals surface area contributed by atoms with Gasteiger partial charge in [0.1, 0.15) is 0 Å². The van der Waals surface area contributed by atoms with Gasteiger partial charge in [0.05, 0.1) is 11.1 Å². The molecule has 122 valence electrons. The van der Waals surface area contributed by atoms with Gasteiger partial charge in [0.2, 0.25) is 5.91 Å². The van der Waals surface area contributed by atoms with E-state index in [4.69, 9.17) is 4.42 Å². The first-order valence-corrected chi connectivity index (χ1v) is 7.95. The summed E-state index contributed by atoms with van der Waals surface area (Å²) in [6.07, 6.45) is 1.60. The van der Waals surface area contributed by atoms with Gasteiger partial charge in [0, 0.05) is 26.1 Å². The highest BCUT2D eigenvalue weighted by atomic mass is 32.1. The van der Waals surface area contributed by atoms with Crippen molar-refractivity contribution in [2.45, 2.75) is 6.42 Å². The highest BCUT2D eigenvalue weighted by molar-refractivity contribution is 7.12. The van der Waals surface area contributed by atoms with Crippen LogP contribution in [0.25, 0.3) is 0 Å². The van der Waals surface area contributed by atoms with Gasteiger partial charge in [-0.2, -0.15) is 0 Å². The minimum absolute atomic E-state index is 0.182. The van der Waals surface area contributed by atoms with E-state index >= 15 is 0 Å². The van der Waals surface area contributed by atoms with Crippen molar-refractivity contribution in [3.8, 4) is 0 Å². The summed E-state index contributed by atoms with van der Waals surface area (Å²) in [7, 11) is 0. The molecule has 0 aliphatic carbocycles. The lowest BCUT2D eigenvalue weighted by atomic mass is 10.3. The summed E-state index contributed by atoms with van der Waals surface area (Å²) in [5.41, 5.74) is 0. The maximum atomic E-state index is 11.6. The van der Waals surface area contributed by atoms with Crippen LogP contribution in [0.2, 0.25) is 0 Å². The van der Waals surface area contributed by atoms with E-state index in [0.29, 0.717) is 18.0 Å². The SMILES string of the molecule is O=C(CCNC(=O)c1cccs1)NCCNC(=O)c1ccco1. The Morgan fingerprint density at radius 3 is 2.43 bits per heavy atom. The van der Waals surface area contributed by atoms with Crippen LogP contribution in [0.3, 0.4) is 0 Å². The van der Waals surface area contributed by atoms with E-state index < -0.39 is 0 Å². The number of rotatable bonds is 8. The number of thiophene rings is 1. The van der Waals surface area contributed by atoms with Crippen LogP contribution >= 0.6 is 11.3 Å². The minimum Gasteiger partial charge on any atom is -0.459 e. The highest BCUT2D eigenvalue weighted by Gasteiger charge is 2.08. The monoisotopic (exact) mass is 335 g/mol. The molecule has 0 fully saturated rings. The molecular weight excluding hydrogens is 318 g/mol. The van der Waals surface area contributed by atoms with Crippen molar-refractivity contribution < 1.29 is 18.8 Å². The first-order chi connectivity index (χ1) is 11.2. The van der Waals surface area contributed by atoms with E-state index in [-0.39, 0.29) is 36.4 Å². The first-order valence-electron chi connectivity index (χ1n) is 7.07. The van der Waals surface area contributed by atoms with Crippen LogP contribution in [0.4, 0.5) is 0 Å². The molecule has 0 unspecified atom stereocenters. The van der Waals surface area contributed by atoms with Gasteiger partial charge in [0.25, 0.3) is 11.8 Å². The summed E-state index contributed by atoms with van der Waals surface area (Å²) in [5, 5.41) is 9.77. The molecule has 0 atom stereocenters. The molecule has 0 radical (unpaired) electrons. The molecule has 0 saturated heterocycles. The molecule has 0 aromatic carbocycles. The zero-order valence-electron chi connectivity index (χ0n) is 12.3. The average Bonchev–Trinajstić information content (AvgIpc) is 3.24. The third-order valence-corrected chi connectivity index (χ3v) is 3.73. The lowest BCUT2D eigenvalue weighted by Gasteiger charge is -2.07. The van der Waals surface area contributed by atoms with Crippen molar-refractivity contribution >= 4 is 29.1 Å². The van der Waals surface area contributed by atoms with E-state index in [1.807, 2.05) is 5.38 Å². The molecule has 3 N–H and O–H groups in total. The number of carbonyl (C=O) groups is 3. The third-order valence-electron chi connectivity index (χ3n) is 2.86. The molecular formula is C15H17N3O4S. The molecule has 2 rings (SSSR count). The first kappa shape index (κ1) is 16.8. The number of furan rings is 1. The van der Waals surface area contributed by atoms with Crippen LogP contribution in [0.5, 0.6) is 0 Å². The quantitative estimate of drug-likeness (QED) is 0.627. The molecule has 23 heavy (non-hydrogen) atoms. The van der Waals surface area contributed by atoms with Gasteiger partial charge in [-0.25, -0.2) is 0 Å². The zero-order valence-corrected chi connectivity index (χ0v) is 13.2. The van der Waals surface area contributed by atoms with Crippen LogP contribution in [0, 0.1) is 0 Å². The molecule has 0 aliphatic heterocycles. The molecule has 0 bridgehead atoms. The average molecular weight is 335 g/mol. The Labute approximate surface area is 137 Å². The van der Waals surface area contributed by atoms with Gasteiger partial charge in [-0.05, 0) is 23.6 Å². The minimum atomic E-state index is -0.326. The number of hydrogen-bond acceptors (Lipinski definition) is 5. The van der Waals surface area contributed by atoms with Gasteiger partial charge in [0.15, 0.2) is 5.76 Å². The molecule has 2 aromatic heterocycles. The maximum Gasteiger partial charge on any atom is 0.287 e. The summed E-state index contributed by atoms with van der Waals surface area (Å²) in [4.78, 5) is 35.4. The Bertz CT molecular complexity index is 638. The zero-order chi connectivity index (χ0) is 16.5. The van der Waals surface area contributed by atoms with Crippen LogP contribution in [-0.4, -0.2) is 37.4 Å². The van der Waals surface area contributed by atoms with Gasteiger partial charge in [-0.15, -0.1) is 11.3 Å². The predicted molar refractivity (Wildman–Crippen MR) is 85.3 cm³/mol. The highest BCUT2D eigenvalue weighted by Crippen LogP contribution is 2.07. The Morgan fingerprint density at radius 1 is 0.957 bits per heavy atom. The van der Waals surface area contributed by atoms with E-state index in [2.05, 4.69) is 16.0 Å². The van der Waals surface area contributed by atoms with Crippen molar-refractivity contribution in [1.29, 1.82) is 0 Å². The summed E-state index contributed by atoms with van der Waals surface area (Å²) < 4.78 is 4.94. The van der Waals surface area contributed by atoms with Crippen LogP contribution in [0.15, 0.2) is 40.3 Å². The standard InChI is InChI=1S/C15H17N3O4S/c19-13(5-6-17-15(21)12-4-2-10-23-12)16-7-8-18-14(20)11-3-1-9-22-11/h1-4,9-10H,5-8H2,(H,16,19)(H,17,21)(H,18,20). The van der Waals surface area contributed by atoms with Gasteiger partial charge >= 0.3 is 0 Å². The molecule has 3 amide bonds. The van der Waals surface area contributed by atoms with Crippen molar-refractivity contribution in [2.75, 3.05) is 19.6 Å². The van der Waals surface area contributed by atoms with Gasteiger partial charge < -0.3 is 20.4 Å². The second-order valence-electron chi connectivity index (χ2n) is 4.57. The Balaban J connectivity index is 1.53. The van der Waals surface area contributed by atoms with Crippen molar-refractivity contribution in [3.05, 3.63) is 46.5 Å². The summed E-state index contributed by atoms with van der Waals surface area (Å²) in [5.74, 6) is -0.470. The third kappa shape index (κ3) is 5.59. The lowest BCUT2D eigenvalue weighted by Crippen LogP contribution is -2.36. The second kappa shape index (κ2) is 8.74. The fourth-order valence-electron chi connectivity index (χ4n) is 1.75. The van der Waals surface area contributed by atoms with Crippen molar-refractivity contribution in [3.63, 3.8) is 0 Å². The van der Waals surface area contributed by atoms with E-state index in [9.17, 15) is 14.4 Å². The van der Waals surface area contributed by atoms with Gasteiger partial charge in [-0.3, -0.25) is 14.4 Å². The number of amides is 3. The Morgan fingerprint density at radius 2 is 1.74 bits per heavy atom. The Hall–Kier alpha value is -2.61. The smallest absolute Gasteiger partial charge is 0.287 e. The fourth-order valence-corrected chi connectivity index (χ4v) is 2.39. The normalized spacial score (nSPS) is 10.1. The lowest BCUT2D eigenvalue weighted by molar-refractivity contribution is -0.120. The van der Waals surface area contributed by atoms with Crippen molar-refractivity contribution in [1.82, 2.24) is 16.0 Å². The topological polar surface area (TPSA) is 100 Å². The molecule has 0 saturated carbocycles. The number of carbonyl (C=O) groups excluding carboxylic acids is 3. The molecule has 0 spiro atoms. The van der Waals surface area contributed by atoms with Crippen LogP contribution < -0.4 is 16.0 Å². The summed E-state index contributed by atoms with van der Waals surface area (Å²) in [6, 6.07) is 6.70. The molecule has 0 aliphatic rings. The van der Waals surface area contributed by atoms with E-state index in [0.717, 1.165) is 0 Å². The number of nitrogens with one attached hydrogen (secondary N) is 3. The van der Waals surface area contributed by atoms with Crippen LogP contribution in [-0.2, 0) is 4.79 Å². The molecule has 2 heterocycles.